The largest absolute Gasteiger partial charge is 0.354 e. The third-order valence-electron chi connectivity index (χ3n) is 5.71. The third kappa shape index (κ3) is 3.66. The lowest BCUT2D eigenvalue weighted by atomic mass is 9.96. The van der Waals surface area contributed by atoms with Gasteiger partial charge in [-0.3, -0.25) is 9.59 Å². The minimum absolute atomic E-state index is 0.0116. The Balaban J connectivity index is 1.33. The Kier molecular flexibility index (Phi) is 4.78. The van der Waals surface area contributed by atoms with Crippen LogP contribution in [-0.4, -0.2) is 71.1 Å². The predicted octanol–water partition coefficient (Wildman–Crippen LogP) is 1.08. The zero-order chi connectivity index (χ0) is 18.1. The van der Waals surface area contributed by atoms with Gasteiger partial charge in [0.15, 0.2) is 5.82 Å². The van der Waals surface area contributed by atoms with E-state index in [9.17, 15) is 9.59 Å². The molecule has 26 heavy (non-hydrogen) atoms. The fourth-order valence-electron chi connectivity index (χ4n) is 3.94. The number of anilines is 1. The molecule has 0 spiro atoms. The number of hydrogen-bond donors (Lipinski definition) is 0. The van der Waals surface area contributed by atoms with Crippen LogP contribution in [0.4, 0.5) is 5.82 Å². The van der Waals surface area contributed by atoms with Gasteiger partial charge >= 0.3 is 0 Å². The third-order valence-corrected chi connectivity index (χ3v) is 5.71. The topological polar surface area (TPSA) is 69.6 Å². The molecule has 4 rings (SSSR count). The number of rotatable bonds is 3. The summed E-state index contributed by atoms with van der Waals surface area (Å²) >= 11 is 0. The zero-order valence-electron chi connectivity index (χ0n) is 15.4. The second kappa shape index (κ2) is 7.21. The molecule has 0 radical (unpaired) electrons. The smallest absolute Gasteiger partial charge is 0.227 e. The normalized spacial score (nSPS) is 23.9. The van der Waals surface area contributed by atoms with Gasteiger partial charge < -0.3 is 14.7 Å². The Morgan fingerprint density at radius 1 is 0.885 bits per heavy atom. The summed E-state index contributed by atoms with van der Waals surface area (Å²) in [5, 5.41) is 8.40. The average Bonchev–Trinajstić information content (AvgIpc) is 3.53. The molecule has 3 fully saturated rings. The molecule has 2 saturated heterocycles. The van der Waals surface area contributed by atoms with E-state index in [-0.39, 0.29) is 17.7 Å². The van der Waals surface area contributed by atoms with Gasteiger partial charge in [-0.05, 0) is 44.7 Å². The minimum atomic E-state index is 0.0116. The molecule has 7 heteroatoms. The number of hydrogen-bond acceptors (Lipinski definition) is 5. The van der Waals surface area contributed by atoms with Gasteiger partial charge in [0.1, 0.15) is 0 Å². The van der Waals surface area contributed by atoms with Crippen LogP contribution in [0.1, 0.15) is 31.4 Å². The maximum absolute atomic E-state index is 13.0. The van der Waals surface area contributed by atoms with E-state index in [1.54, 1.807) is 0 Å². The average molecular weight is 357 g/mol. The van der Waals surface area contributed by atoms with Crippen LogP contribution in [0, 0.1) is 18.8 Å². The van der Waals surface area contributed by atoms with Crippen LogP contribution >= 0.6 is 0 Å². The standard InChI is InChI=1S/C19H27N5O2/c1-14-4-7-17(21-20-14)24-8-2-3-16(13-24)19(26)23-11-9-22(10-12-23)18(25)15-5-6-15/h4,7,15-16H,2-3,5-6,8-13H2,1H3. The van der Waals surface area contributed by atoms with Crippen molar-refractivity contribution in [1.82, 2.24) is 20.0 Å². The fraction of sp³-hybridized carbons (Fsp3) is 0.684. The lowest BCUT2D eigenvalue weighted by molar-refractivity contribution is -0.142. The summed E-state index contributed by atoms with van der Waals surface area (Å²) in [7, 11) is 0. The van der Waals surface area contributed by atoms with E-state index in [2.05, 4.69) is 15.1 Å². The number of carbonyl (C=O) groups excluding carboxylic acids is 2. The van der Waals surface area contributed by atoms with Crippen molar-refractivity contribution in [1.29, 1.82) is 0 Å². The van der Waals surface area contributed by atoms with Gasteiger partial charge in [-0.15, -0.1) is 5.10 Å². The summed E-state index contributed by atoms with van der Waals surface area (Å²) in [6.07, 6.45) is 4.00. The highest BCUT2D eigenvalue weighted by Gasteiger charge is 2.36. The van der Waals surface area contributed by atoms with Crippen molar-refractivity contribution in [2.24, 2.45) is 11.8 Å². The van der Waals surface area contributed by atoms with E-state index >= 15 is 0 Å². The van der Waals surface area contributed by atoms with Crippen molar-refractivity contribution >= 4 is 17.6 Å². The van der Waals surface area contributed by atoms with E-state index in [1.165, 1.54) is 0 Å². The molecule has 1 unspecified atom stereocenters. The molecule has 0 bridgehead atoms. The van der Waals surface area contributed by atoms with Crippen LogP contribution in [0.3, 0.4) is 0 Å². The number of amides is 2. The number of piperazine rings is 1. The van der Waals surface area contributed by atoms with Crippen LogP contribution < -0.4 is 4.90 Å². The van der Waals surface area contributed by atoms with Gasteiger partial charge in [0, 0.05) is 45.2 Å². The minimum Gasteiger partial charge on any atom is -0.354 e. The molecule has 7 nitrogen and oxygen atoms in total. The van der Waals surface area contributed by atoms with Crippen molar-refractivity contribution in [3.8, 4) is 0 Å². The molecule has 140 valence electrons. The molecular formula is C19H27N5O2. The van der Waals surface area contributed by atoms with Gasteiger partial charge in [0.25, 0.3) is 0 Å². The molecule has 1 saturated carbocycles. The molecule has 2 aliphatic heterocycles. The van der Waals surface area contributed by atoms with Crippen LogP contribution in [-0.2, 0) is 9.59 Å². The SMILES string of the molecule is Cc1ccc(N2CCCC(C(=O)N3CCN(C(=O)C4CC4)CC3)C2)nn1. The molecule has 3 heterocycles. The highest BCUT2D eigenvalue weighted by atomic mass is 16.2. The quantitative estimate of drug-likeness (QED) is 0.810. The van der Waals surface area contributed by atoms with Crippen LogP contribution in [0.25, 0.3) is 0 Å². The summed E-state index contributed by atoms with van der Waals surface area (Å²) in [6, 6.07) is 3.95. The second-order valence-electron chi connectivity index (χ2n) is 7.74. The highest BCUT2D eigenvalue weighted by molar-refractivity contribution is 5.82. The molecule has 0 aromatic carbocycles. The van der Waals surface area contributed by atoms with Crippen molar-refractivity contribution in [3.63, 3.8) is 0 Å². The molecule has 3 aliphatic rings. The lowest BCUT2D eigenvalue weighted by Crippen LogP contribution is -2.54. The van der Waals surface area contributed by atoms with Crippen LogP contribution in [0.2, 0.25) is 0 Å². The summed E-state index contributed by atoms with van der Waals surface area (Å²) < 4.78 is 0. The van der Waals surface area contributed by atoms with Gasteiger partial charge in [0.2, 0.25) is 11.8 Å². The van der Waals surface area contributed by atoms with Crippen molar-refractivity contribution in [3.05, 3.63) is 17.8 Å². The fourth-order valence-corrected chi connectivity index (χ4v) is 3.94. The Labute approximate surface area is 154 Å². The van der Waals surface area contributed by atoms with E-state index in [4.69, 9.17) is 0 Å². The molecule has 1 aromatic rings. The summed E-state index contributed by atoms with van der Waals surface area (Å²) in [5.74, 6) is 1.65. The summed E-state index contributed by atoms with van der Waals surface area (Å²) in [5.41, 5.74) is 0.900. The van der Waals surface area contributed by atoms with Crippen molar-refractivity contribution in [2.75, 3.05) is 44.2 Å². The Morgan fingerprint density at radius 3 is 2.12 bits per heavy atom. The monoisotopic (exact) mass is 357 g/mol. The molecule has 1 atom stereocenters. The van der Waals surface area contributed by atoms with Crippen LogP contribution in [0.15, 0.2) is 12.1 Å². The van der Waals surface area contributed by atoms with Gasteiger partial charge in [-0.1, -0.05) is 0 Å². The number of nitrogens with zero attached hydrogens (tertiary/aromatic N) is 5. The maximum atomic E-state index is 13.0. The first-order valence-electron chi connectivity index (χ1n) is 9.74. The van der Waals surface area contributed by atoms with Crippen molar-refractivity contribution in [2.45, 2.75) is 32.6 Å². The Morgan fingerprint density at radius 2 is 1.54 bits per heavy atom. The number of aromatic nitrogens is 2. The number of piperidine rings is 1. The first-order valence-corrected chi connectivity index (χ1v) is 9.74. The van der Waals surface area contributed by atoms with Gasteiger partial charge in [-0.2, -0.15) is 5.10 Å². The summed E-state index contributed by atoms with van der Waals surface area (Å²) in [4.78, 5) is 31.2. The van der Waals surface area contributed by atoms with Crippen LogP contribution in [0.5, 0.6) is 0 Å². The highest BCUT2D eigenvalue weighted by Crippen LogP contribution is 2.31. The maximum Gasteiger partial charge on any atom is 0.227 e. The molecule has 2 amide bonds. The van der Waals surface area contributed by atoms with Gasteiger partial charge in [0.05, 0.1) is 11.6 Å². The Hall–Kier alpha value is -2.18. The first kappa shape index (κ1) is 17.2. The zero-order valence-corrected chi connectivity index (χ0v) is 15.4. The van der Waals surface area contributed by atoms with Crippen molar-refractivity contribution < 1.29 is 9.59 Å². The van der Waals surface area contributed by atoms with E-state index in [0.29, 0.717) is 38.6 Å². The molecular weight excluding hydrogens is 330 g/mol. The van der Waals surface area contributed by atoms with Gasteiger partial charge in [-0.25, -0.2) is 0 Å². The molecule has 1 aromatic heterocycles. The predicted molar refractivity (Wildman–Crippen MR) is 97.6 cm³/mol. The Bertz CT molecular complexity index is 665. The van der Waals surface area contributed by atoms with E-state index < -0.39 is 0 Å². The summed E-state index contributed by atoms with van der Waals surface area (Å²) in [6.45, 7) is 6.24. The number of aryl methyl sites for hydroxylation is 1. The van der Waals surface area contributed by atoms with E-state index in [1.807, 2.05) is 28.9 Å². The lowest BCUT2D eigenvalue weighted by Gasteiger charge is -2.39. The molecule has 1 aliphatic carbocycles. The van der Waals surface area contributed by atoms with E-state index in [0.717, 1.165) is 43.7 Å². The molecule has 0 N–H and O–H groups in total. The first-order chi connectivity index (χ1) is 12.6. The number of carbonyl (C=O) groups is 2. The second-order valence-corrected chi connectivity index (χ2v) is 7.74.